The molecule has 8 heteroatoms. The molecule has 0 N–H and O–H groups in total. The van der Waals surface area contributed by atoms with E-state index >= 15 is 0 Å². The molecule has 0 amide bonds. The smallest absolute Gasteiger partial charge is 0.313 e. The molecule has 1 aliphatic rings. The monoisotopic (exact) mass is 469 g/mol. The summed E-state index contributed by atoms with van der Waals surface area (Å²) in [5.74, 6) is -0.156. The van der Waals surface area contributed by atoms with Crippen molar-refractivity contribution in [3.63, 3.8) is 0 Å². The summed E-state index contributed by atoms with van der Waals surface area (Å²) in [6.07, 6.45) is 2.28. The molecule has 1 unspecified atom stereocenters. The van der Waals surface area contributed by atoms with Gasteiger partial charge in [0.15, 0.2) is 0 Å². The summed E-state index contributed by atoms with van der Waals surface area (Å²) < 4.78 is 39.8. The zero-order chi connectivity index (χ0) is 23.4. The molecular formula is C25H27NO6S. The van der Waals surface area contributed by atoms with E-state index in [-0.39, 0.29) is 12.7 Å². The molecule has 0 bridgehead atoms. The van der Waals surface area contributed by atoms with Crippen LogP contribution < -0.4 is 9.64 Å². The van der Waals surface area contributed by atoms with Crippen molar-refractivity contribution in [3.05, 3.63) is 71.8 Å². The van der Waals surface area contributed by atoms with Gasteiger partial charge in [0.25, 0.3) is 10.1 Å². The lowest BCUT2D eigenvalue weighted by Gasteiger charge is -2.27. The number of hydrogen-bond donors (Lipinski definition) is 0. The predicted octanol–water partition coefficient (Wildman–Crippen LogP) is 4.21. The Bertz CT molecular complexity index is 1240. The quantitative estimate of drug-likeness (QED) is 0.379. The Balaban J connectivity index is 1.84. The maximum Gasteiger partial charge on any atom is 0.313 e. The van der Waals surface area contributed by atoms with Gasteiger partial charge >= 0.3 is 5.97 Å². The van der Waals surface area contributed by atoms with Crippen molar-refractivity contribution in [2.24, 2.45) is 0 Å². The van der Waals surface area contributed by atoms with Gasteiger partial charge in [-0.2, -0.15) is 8.42 Å². The number of carbonyl (C=O) groups excluding carboxylic acids is 1. The van der Waals surface area contributed by atoms with Gasteiger partial charge in [-0.15, -0.1) is 0 Å². The van der Waals surface area contributed by atoms with Crippen molar-refractivity contribution in [2.45, 2.75) is 25.4 Å². The first-order chi connectivity index (χ1) is 15.9. The number of ether oxygens (including phenoxy) is 2. The normalized spacial score (nSPS) is 16.2. The van der Waals surface area contributed by atoms with E-state index in [0.717, 1.165) is 33.8 Å². The van der Waals surface area contributed by atoms with Crippen molar-refractivity contribution in [1.29, 1.82) is 0 Å². The molecule has 3 aromatic carbocycles. The summed E-state index contributed by atoms with van der Waals surface area (Å²) in [6.45, 7) is 0.797. The summed E-state index contributed by atoms with van der Waals surface area (Å²) in [6, 6.07) is 19.5. The van der Waals surface area contributed by atoms with Gasteiger partial charge in [0.2, 0.25) is 0 Å². The van der Waals surface area contributed by atoms with Gasteiger partial charge in [-0.05, 0) is 30.0 Å². The second-order valence-electron chi connectivity index (χ2n) is 8.06. The molecule has 0 saturated carbocycles. The minimum Gasteiger partial charge on any atom is -0.488 e. The predicted molar refractivity (Wildman–Crippen MR) is 127 cm³/mol. The van der Waals surface area contributed by atoms with E-state index in [2.05, 4.69) is 0 Å². The molecule has 1 aliphatic heterocycles. The third-order valence-electron chi connectivity index (χ3n) is 5.77. The van der Waals surface area contributed by atoms with Crippen LogP contribution >= 0.6 is 0 Å². The van der Waals surface area contributed by atoms with Crippen LogP contribution in [0.25, 0.3) is 10.8 Å². The molecule has 0 fully saturated rings. The first-order valence-corrected chi connectivity index (χ1v) is 12.6. The van der Waals surface area contributed by atoms with Crippen LogP contribution in [-0.4, -0.2) is 41.0 Å². The van der Waals surface area contributed by atoms with Crippen LogP contribution in [0.1, 0.15) is 29.9 Å². The first-order valence-electron chi connectivity index (χ1n) is 10.8. The first kappa shape index (κ1) is 23.1. The average Bonchev–Trinajstić information content (AvgIpc) is 3.00. The molecule has 0 saturated heterocycles. The van der Waals surface area contributed by atoms with E-state index in [1.807, 2.05) is 65.6 Å². The number of rotatable bonds is 7. The van der Waals surface area contributed by atoms with Gasteiger partial charge in [0.1, 0.15) is 19.1 Å². The van der Waals surface area contributed by atoms with Crippen LogP contribution in [0.3, 0.4) is 0 Å². The molecule has 0 spiro atoms. The lowest BCUT2D eigenvalue weighted by Crippen LogP contribution is -2.29. The molecule has 0 aromatic heterocycles. The van der Waals surface area contributed by atoms with Crippen molar-refractivity contribution in [2.75, 3.05) is 31.5 Å². The van der Waals surface area contributed by atoms with Gasteiger partial charge in [-0.25, -0.2) is 4.18 Å². The van der Waals surface area contributed by atoms with Crippen LogP contribution in [0.5, 0.6) is 5.75 Å². The molecule has 4 rings (SSSR count). The second kappa shape index (κ2) is 9.80. The SMILES string of the molecule is COC(=O)C1CCCN(COS(C)(=O)=O)c2c1cc(OCc1ccccc1)c1ccccc21. The number of benzene rings is 3. The molecule has 33 heavy (non-hydrogen) atoms. The van der Waals surface area contributed by atoms with E-state index in [0.29, 0.717) is 31.7 Å². The fourth-order valence-electron chi connectivity index (χ4n) is 4.25. The summed E-state index contributed by atoms with van der Waals surface area (Å²) in [5.41, 5.74) is 2.55. The summed E-state index contributed by atoms with van der Waals surface area (Å²) in [5, 5.41) is 1.74. The standard InChI is InChI=1S/C25H27NO6S/c1-30-25(27)21-13-8-14-26(17-32-33(2,28)29)24-20-12-7-6-11-19(20)23(15-22(21)24)31-16-18-9-4-3-5-10-18/h3-7,9-12,15,21H,8,13-14,16-17H2,1-2H3. The molecular weight excluding hydrogens is 442 g/mol. The minimum atomic E-state index is -3.63. The van der Waals surface area contributed by atoms with E-state index < -0.39 is 16.0 Å². The lowest BCUT2D eigenvalue weighted by atomic mass is 9.91. The van der Waals surface area contributed by atoms with Crippen LogP contribution in [-0.2, 0) is 30.4 Å². The van der Waals surface area contributed by atoms with E-state index in [1.54, 1.807) is 0 Å². The van der Waals surface area contributed by atoms with Crippen molar-refractivity contribution in [1.82, 2.24) is 0 Å². The number of nitrogens with zero attached hydrogens (tertiary/aromatic N) is 1. The van der Waals surface area contributed by atoms with Crippen LogP contribution in [0.2, 0.25) is 0 Å². The summed E-state index contributed by atoms with van der Waals surface area (Å²) >= 11 is 0. The highest BCUT2D eigenvalue weighted by molar-refractivity contribution is 7.85. The Morgan fingerprint density at radius 3 is 2.45 bits per heavy atom. The highest BCUT2D eigenvalue weighted by atomic mass is 32.2. The lowest BCUT2D eigenvalue weighted by molar-refractivity contribution is -0.142. The second-order valence-corrected chi connectivity index (χ2v) is 9.71. The maximum atomic E-state index is 12.7. The highest BCUT2D eigenvalue weighted by Gasteiger charge is 2.32. The highest BCUT2D eigenvalue weighted by Crippen LogP contribution is 2.44. The number of carbonyl (C=O) groups is 1. The fourth-order valence-corrected chi connectivity index (χ4v) is 4.57. The topological polar surface area (TPSA) is 82.1 Å². The number of methoxy groups -OCH3 is 1. The van der Waals surface area contributed by atoms with E-state index in [9.17, 15) is 13.2 Å². The summed E-state index contributed by atoms with van der Waals surface area (Å²) in [4.78, 5) is 14.6. The van der Waals surface area contributed by atoms with Crippen molar-refractivity contribution in [3.8, 4) is 5.75 Å². The van der Waals surface area contributed by atoms with Crippen LogP contribution in [0.4, 0.5) is 5.69 Å². The molecule has 1 heterocycles. The van der Waals surface area contributed by atoms with E-state index in [1.165, 1.54) is 7.11 Å². The average molecular weight is 470 g/mol. The number of fused-ring (bicyclic) bond motifs is 3. The zero-order valence-electron chi connectivity index (χ0n) is 18.7. The van der Waals surface area contributed by atoms with Gasteiger partial charge in [0.05, 0.1) is 25.0 Å². The Morgan fingerprint density at radius 2 is 1.76 bits per heavy atom. The largest absolute Gasteiger partial charge is 0.488 e. The number of hydrogen-bond acceptors (Lipinski definition) is 7. The molecule has 7 nitrogen and oxygen atoms in total. The molecule has 174 valence electrons. The number of esters is 1. The zero-order valence-corrected chi connectivity index (χ0v) is 19.5. The Kier molecular flexibility index (Phi) is 6.85. The maximum absolute atomic E-state index is 12.7. The third kappa shape index (κ3) is 5.29. The van der Waals surface area contributed by atoms with Crippen molar-refractivity contribution < 1.29 is 26.9 Å². The van der Waals surface area contributed by atoms with E-state index in [4.69, 9.17) is 13.7 Å². The van der Waals surface area contributed by atoms with Gasteiger partial charge in [-0.1, -0.05) is 54.6 Å². The van der Waals surface area contributed by atoms with Gasteiger partial charge in [-0.3, -0.25) is 4.79 Å². The van der Waals surface area contributed by atoms with Crippen LogP contribution in [0.15, 0.2) is 60.7 Å². The van der Waals surface area contributed by atoms with Gasteiger partial charge in [0, 0.05) is 17.3 Å². The Hall–Kier alpha value is -3.10. The third-order valence-corrected chi connectivity index (χ3v) is 6.30. The number of anilines is 1. The van der Waals surface area contributed by atoms with Crippen molar-refractivity contribution >= 4 is 32.5 Å². The minimum absolute atomic E-state index is 0.131. The summed E-state index contributed by atoms with van der Waals surface area (Å²) in [7, 11) is -2.25. The molecule has 0 radical (unpaired) electrons. The van der Waals surface area contributed by atoms with Gasteiger partial charge < -0.3 is 14.4 Å². The Morgan fingerprint density at radius 1 is 1.06 bits per heavy atom. The molecule has 1 atom stereocenters. The Labute approximate surface area is 194 Å². The van der Waals surface area contributed by atoms with Crippen LogP contribution in [0, 0.1) is 0 Å². The molecule has 3 aromatic rings. The molecule has 0 aliphatic carbocycles. The fraction of sp³-hybridized carbons (Fsp3) is 0.320.